The van der Waals surface area contributed by atoms with E-state index in [4.69, 9.17) is 4.42 Å². The number of carbonyl (C=O) groups is 1. The van der Waals surface area contributed by atoms with E-state index in [0.717, 1.165) is 11.0 Å². The van der Waals surface area contributed by atoms with Crippen molar-refractivity contribution in [1.82, 2.24) is 24.6 Å². The Hall–Kier alpha value is -2.91. The number of fused-ring (bicyclic) bond motifs is 1. The van der Waals surface area contributed by atoms with E-state index in [1.165, 1.54) is 0 Å². The SMILES string of the molecule is O=C(Cn1cnc2ccccc21)N1CCC(c2nnc(C(F)(F)F)o2)CC1. The number of hydrogen-bond acceptors (Lipinski definition) is 5. The summed E-state index contributed by atoms with van der Waals surface area (Å²) in [5.41, 5.74) is 1.70. The zero-order valence-electron chi connectivity index (χ0n) is 14.2. The predicted molar refractivity (Wildman–Crippen MR) is 87.6 cm³/mol. The van der Waals surface area contributed by atoms with Crippen LogP contribution in [0.5, 0.6) is 0 Å². The van der Waals surface area contributed by atoms with Crippen molar-refractivity contribution in [3.05, 3.63) is 42.4 Å². The van der Waals surface area contributed by atoms with Gasteiger partial charge in [0.2, 0.25) is 11.8 Å². The fourth-order valence-electron chi connectivity index (χ4n) is 3.27. The Morgan fingerprint density at radius 1 is 1.19 bits per heavy atom. The average Bonchev–Trinajstić information content (AvgIpc) is 3.30. The Kier molecular flexibility index (Phi) is 4.33. The molecule has 0 bridgehead atoms. The predicted octanol–water partition coefficient (Wildman–Crippen LogP) is 2.84. The molecule has 2 aromatic heterocycles. The number of nitrogens with zero attached hydrogens (tertiary/aromatic N) is 5. The van der Waals surface area contributed by atoms with Crippen LogP contribution in [0, 0.1) is 0 Å². The highest BCUT2D eigenvalue weighted by molar-refractivity contribution is 5.80. The molecule has 142 valence electrons. The topological polar surface area (TPSA) is 77.1 Å². The van der Waals surface area contributed by atoms with Crippen LogP contribution in [0.15, 0.2) is 35.0 Å². The summed E-state index contributed by atoms with van der Waals surface area (Å²) in [6.45, 7) is 1.03. The first-order chi connectivity index (χ1) is 12.9. The van der Waals surface area contributed by atoms with E-state index in [1.54, 1.807) is 15.8 Å². The highest BCUT2D eigenvalue weighted by Crippen LogP contribution is 2.32. The van der Waals surface area contributed by atoms with E-state index in [1.807, 2.05) is 24.3 Å². The van der Waals surface area contributed by atoms with Gasteiger partial charge < -0.3 is 13.9 Å². The number of halogens is 3. The van der Waals surface area contributed by atoms with E-state index in [9.17, 15) is 18.0 Å². The summed E-state index contributed by atoms with van der Waals surface area (Å²) < 4.78 is 44.3. The minimum atomic E-state index is -4.64. The van der Waals surface area contributed by atoms with Crippen molar-refractivity contribution >= 4 is 16.9 Å². The minimum absolute atomic E-state index is 0.0185. The minimum Gasteiger partial charge on any atom is -0.417 e. The molecule has 0 saturated carbocycles. The maximum absolute atomic E-state index is 12.6. The van der Waals surface area contributed by atoms with Gasteiger partial charge in [0.25, 0.3) is 0 Å². The lowest BCUT2D eigenvalue weighted by molar-refractivity contribution is -0.157. The van der Waals surface area contributed by atoms with Crippen molar-refractivity contribution in [1.29, 1.82) is 0 Å². The number of benzene rings is 1. The molecular weight excluding hydrogens is 363 g/mol. The summed E-state index contributed by atoms with van der Waals surface area (Å²) in [6.07, 6.45) is -2.05. The standard InChI is InChI=1S/C17H16F3N5O2/c18-17(19,20)16-23-22-15(27-16)11-5-7-24(8-6-11)14(26)9-25-10-21-12-3-1-2-4-13(12)25/h1-4,10-11H,5-9H2. The van der Waals surface area contributed by atoms with Crippen molar-refractivity contribution in [2.75, 3.05) is 13.1 Å². The molecule has 0 radical (unpaired) electrons. The van der Waals surface area contributed by atoms with Gasteiger partial charge >= 0.3 is 12.1 Å². The van der Waals surface area contributed by atoms with Gasteiger partial charge in [0.05, 0.1) is 17.4 Å². The molecule has 3 heterocycles. The van der Waals surface area contributed by atoms with Gasteiger partial charge in [-0.25, -0.2) is 4.98 Å². The zero-order chi connectivity index (χ0) is 19.0. The number of imidazole rings is 1. The van der Waals surface area contributed by atoms with E-state index in [0.29, 0.717) is 25.9 Å². The Bertz CT molecular complexity index is 957. The smallest absolute Gasteiger partial charge is 0.417 e. The van der Waals surface area contributed by atoms with E-state index < -0.39 is 12.1 Å². The Labute approximate surface area is 151 Å². The molecule has 0 atom stereocenters. The third-order valence-electron chi connectivity index (χ3n) is 4.71. The number of aromatic nitrogens is 4. The van der Waals surface area contributed by atoms with Crippen molar-refractivity contribution < 1.29 is 22.4 Å². The first-order valence-electron chi connectivity index (χ1n) is 8.50. The second kappa shape index (κ2) is 6.67. The number of hydrogen-bond donors (Lipinski definition) is 0. The van der Waals surface area contributed by atoms with Crippen molar-refractivity contribution in [3.63, 3.8) is 0 Å². The Morgan fingerprint density at radius 3 is 2.63 bits per heavy atom. The van der Waals surface area contributed by atoms with Crippen molar-refractivity contribution in [2.24, 2.45) is 0 Å². The van der Waals surface area contributed by atoms with Gasteiger partial charge in [-0.15, -0.1) is 10.2 Å². The third-order valence-corrected chi connectivity index (χ3v) is 4.71. The molecule has 1 aliphatic rings. The number of para-hydroxylation sites is 2. The van der Waals surface area contributed by atoms with Gasteiger partial charge in [-0.1, -0.05) is 12.1 Å². The number of rotatable bonds is 3. The first kappa shape index (κ1) is 17.5. The molecule has 1 aliphatic heterocycles. The van der Waals surface area contributed by atoms with Gasteiger partial charge in [0, 0.05) is 19.0 Å². The lowest BCUT2D eigenvalue weighted by Gasteiger charge is -2.30. The van der Waals surface area contributed by atoms with Gasteiger partial charge in [-0.05, 0) is 25.0 Å². The van der Waals surface area contributed by atoms with Gasteiger partial charge in [0.15, 0.2) is 0 Å². The maximum atomic E-state index is 12.6. The fraction of sp³-hybridized carbons (Fsp3) is 0.412. The summed E-state index contributed by atoms with van der Waals surface area (Å²) in [5.74, 6) is -1.68. The van der Waals surface area contributed by atoms with E-state index >= 15 is 0 Å². The van der Waals surface area contributed by atoms with Crippen LogP contribution in [0.2, 0.25) is 0 Å². The Balaban J connectivity index is 1.37. The molecular formula is C17H16F3N5O2. The molecule has 0 aliphatic carbocycles. The zero-order valence-corrected chi connectivity index (χ0v) is 14.2. The first-order valence-corrected chi connectivity index (χ1v) is 8.50. The summed E-state index contributed by atoms with van der Waals surface area (Å²) in [7, 11) is 0. The van der Waals surface area contributed by atoms with Gasteiger partial charge in [0.1, 0.15) is 6.54 Å². The van der Waals surface area contributed by atoms with Crippen LogP contribution in [0.25, 0.3) is 11.0 Å². The largest absolute Gasteiger partial charge is 0.470 e. The highest BCUT2D eigenvalue weighted by atomic mass is 19.4. The molecule has 0 unspecified atom stereocenters. The molecule has 4 rings (SSSR count). The van der Waals surface area contributed by atoms with Crippen LogP contribution in [-0.4, -0.2) is 43.6 Å². The molecule has 7 nitrogen and oxygen atoms in total. The normalized spacial score (nSPS) is 16.2. The summed E-state index contributed by atoms with van der Waals surface area (Å²) in [5, 5.41) is 6.58. The Morgan fingerprint density at radius 2 is 1.93 bits per heavy atom. The third kappa shape index (κ3) is 3.51. The molecule has 3 aromatic rings. The van der Waals surface area contributed by atoms with Crippen LogP contribution >= 0.6 is 0 Å². The molecule has 1 saturated heterocycles. The second-order valence-corrected chi connectivity index (χ2v) is 6.46. The average molecular weight is 379 g/mol. The van der Waals surface area contributed by atoms with E-state index in [-0.39, 0.29) is 24.3 Å². The molecule has 1 aromatic carbocycles. The molecule has 27 heavy (non-hydrogen) atoms. The number of piperidine rings is 1. The number of alkyl halides is 3. The lowest BCUT2D eigenvalue weighted by atomic mass is 9.97. The second-order valence-electron chi connectivity index (χ2n) is 6.46. The molecule has 10 heteroatoms. The van der Waals surface area contributed by atoms with Crippen molar-refractivity contribution in [2.45, 2.75) is 31.5 Å². The van der Waals surface area contributed by atoms with Crippen LogP contribution < -0.4 is 0 Å². The molecule has 1 fully saturated rings. The van der Waals surface area contributed by atoms with Gasteiger partial charge in [-0.3, -0.25) is 4.79 Å². The van der Waals surface area contributed by atoms with Gasteiger partial charge in [-0.2, -0.15) is 13.2 Å². The van der Waals surface area contributed by atoms with E-state index in [2.05, 4.69) is 15.2 Å². The highest BCUT2D eigenvalue weighted by Gasteiger charge is 2.39. The van der Waals surface area contributed by atoms with Crippen LogP contribution in [-0.2, 0) is 17.5 Å². The lowest BCUT2D eigenvalue weighted by Crippen LogP contribution is -2.39. The van der Waals surface area contributed by atoms with Crippen LogP contribution in [0.3, 0.4) is 0 Å². The number of carbonyl (C=O) groups excluding carboxylic acids is 1. The quantitative estimate of drug-likeness (QED) is 0.699. The van der Waals surface area contributed by atoms with Crippen LogP contribution in [0.1, 0.15) is 30.5 Å². The molecule has 1 amide bonds. The molecule has 0 spiro atoms. The number of likely N-dealkylation sites (tertiary alicyclic amines) is 1. The van der Waals surface area contributed by atoms with Crippen molar-refractivity contribution in [3.8, 4) is 0 Å². The summed E-state index contributed by atoms with van der Waals surface area (Å²) >= 11 is 0. The number of amides is 1. The fourth-order valence-corrected chi connectivity index (χ4v) is 3.27. The maximum Gasteiger partial charge on any atom is 0.470 e. The van der Waals surface area contributed by atoms with Crippen LogP contribution in [0.4, 0.5) is 13.2 Å². The molecule has 0 N–H and O–H groups in total. The summed E-state index contributed by atoms with van der Waals surface area (Å²) in [4.78, 5) is 18.5. The summed E-state index contributed by atoms with van der Waals surface area (Å²) in [6, 6.07) is 7.54. The monoisotopic (exact) mass is 379 g/mol.